The van der Waals surface area contributed by atoms with E-state index in [1.807, 2.05) is 86.1 Å². The number of carbonyl (C=O) groups is 1. The second-order valence-electron chi connectivity index (χ2n) is 9.88. The number of alkyl halides is 1. The average Bonchev–Trinajstić information content (AvgIpc) is 3.26. The van der Waals surface area contributed by atoms with Gasteiger partial charge in [0.25, 0.3) is 0 Å². The summed E-state index contributed by atoms with van der Waals surface area (Å²) in [5, 5.41) is 0. The Kier molecular flexibility index (Phi) is 9.23. The third kappa shape index (κ3) is 6.50. The molecule has 2 N–H and O–H groups in total. The molecular weight excluding hydrogens is 459 g/mol. The average molecular weight is 497 g/mol. The Morgan fingerprint density at radius 1 is 1.11 bits per heavy atom. The predicted octanol–water partition coefficient (Wildman–Crippen LogP) is 4.47. The van der Waals surface area contributed by atoms with E-state index in [9.17, 15) is 9.18 Å². The van der Waals surface area contributed by atoms with Crippen LogP contribution in [0.25, 0.3) is 11.3 Å². The van der Waals surface area contributed by atoms with Crippen LogP contribution in [0.2, 0.25) is 0 Å². The highest BCUT2D eigenvalue weighted by atomic mass is 19.1. The van der Waals surface area contributed by atoms with Gasteiger partial charge in [0, 0.05) is 32.0 Å². The second-order valence-corrected chi connectivity index (χ2v) is 9.88. The van der Waals surface area contributed by atoms with Crippen molar-refractivity contribution in [2.24, 2.45) is 11.1 Å². The van der Waals surface area contributed by atoms with Crippen LogP contribution in [0.3, 0.4) is 0 Å². The van der Waals surface area contributed by atoms with Crippen molar-refractivity contribution in [3.8, 4) is 17.0 Å². The SMILES string of the molecule is COCC(=O)N(C[C@@H](F)CN)[C@@H](c1nc(-c2ccccc2OC)cn1Cc1ccccc1)C(C)(C)C. The molecule has 3 aromatic rings. The van der Waals surface area contributed by atoms with Crippen LogP contribution >= 0.6 is 0 Å². The summed E-state index contributed by atoms with van der Waals surface area (Å²) >= 11 is 0. The maximum atomic E-state index is 14.7. The zero-order chi connectivity index (χ0) is 26.3. The van der Waals surface area contributed by atoms with E-state index in [-0.39, 0.29) is 25.6 Å². The van der Waals surface area contributed by atoms with Crippen molar-refractivity contribution in [2.75, 3.05) is 33.9 Å². The van der Waals surface area contributed by atoms with Gasteiger partial charge in [-0.25, -0.2) is 9.37 Å². The highest BCUT2D eigenvalue weighted by molar-refractivity contribution is 5.78. The number of amides is 1. The van der Waals surface area contributed by atoms with Crippen molar-refractivity contribution >= 4 is 5.91 Å². The zero-order valence-corrected chi connectivity index (χ0v) is 21.8. The lowest BCUT2D eigenvalue weighted by Crippen LogP contribution is -2.47. The molecular formula is C28H37FN4O3. The smallest absolute Gasteiger partial charge is 0.249 e. The fourth-order valence-electron chi connectivity index (χ4n) is 4.38. The Labute approximate surface area is 213 Å². The first-order chi connectivity index (χ1) is 17.2. The van der Waals surface area contributed by atoms with Gasteiger partial charge >= 0.3 is 0 Å². The molecule has 0 spiro atoms. The number of imidazole rings is 1. The van der Waals surface area contributed by atoms with E-state index in [1.54, 1.807) is 7.11 Å². The monoisotopic (exact) mass is 496 g/mol. The van der Waals surface area contributed by atoms with Crippen LogP contribution < -0.4 is 10.5 Å². The molecule has 8 heteroatoms. The lowest BCUT2D eigenvalue weighted by Gasteiger charge is -2.40. The van der Waals surface area contributed by atoms with Gasteiger partial charge in [-0.05, 0) is 23.1 Å². The van der Waals surface area contributed by atoms with E-state index < -0.39 is 17.6 Å². The van der Waals surface area contributed by atoms with Gasteiger partial charge in [-0.15, -0.1) is 0 Å². The van der Waals surface area contributed by atoms with E-state index in [0.717, 1.165) is 11.1 Å². The minimum absolute atomic E-state index is 0.150. The lowest BCUT2D eigenvalue weighted by molar-refractivity contribution is -0.141. The number of ether oxygens (including phenoxy) is 2. The summed E-state index contributed by atoms with van der Waals surface area (Å²) in [6.45, 7) is 6.09. The number of methoxy groups -OCH3 is 2. The van der Waals surface area contributed by atoms with Gasteiger partial charge in [0.05, 0.1) is 25.4 Å². The van der Waals surface area contributed by atoms with E-state index in [4.69, 9.17) is 20.2 Å². The van der Waals surface area contributed by atoms with Crippen molar-refractivity contribution in [1.29, 1.82) is 0 Å². The topological polar surface area (TPSA) is 82.6 Å². The number of halogens is 1. The standard InChI is InChI=1S/C28H37FN4O3/c1-28(2,3)26(33(17-21(29)15-30)25(34)19-35-4)27-31-23(22-13-9-10-14-24(22)36-5)18-32(27)16-20-11-7-6-8-12-20/h6-14,18,21,26H,15-17,19,30H2,1-5H3/t21-,26-/m0/s1. The van der Waals surface area contributed by atoms with Gasteiger partial charge in [-0.2, -0.15) is 0 Å². The van der Waals surface area contributed by atoms with Crippen LogP contribution in [0.15, 0.2) is 60.8 Å². The molecule has 3 rings (SSSR count). The molecule has 36 heavy (non-hydrogen) atoms. The molecule has 1 heterocycles. The Bertz CT molecular complexity index is 1130. The molecule has 2 atom stereocenters. The van der Waals surface area contributed by atoms with Gasteiger partial charge < -0.3 is 24.7 Å². The molecule has 2 aromatic carbocycles. The van der Waals surface area contributed by atoms with Crippen molar-refractivity contribution in [1.82, 2.24) is 14.5 Å². The first kappa shape index (κ1) is 27.4. The van der Waals surface area contributed by atoms with Crippen LogP contribution in [0.5, 0.6) is 5.75 Å². The fraction of sp³-hybridized carbons (Fsp3) is 0.429. The molecule has 1 aromatic heterocycles. The predicted molar refractivity (Wildman–Crippen MR) is 139 cm³/mol. The van der Waals surface area contributed by atoms with Gasteiger partial charge in [-0.3, -0.25) is 4.79 Å². The fourth-order valence-corrected chi connectivity index (χ4v) is 4.38. The second kappa shape index (κ2) is 12.1. The third-order valence-electron chi connectivity index (χ3n) is 6.00. The molecule has 0 aliphatic carbocycles. The molecule has 0 bridgehead atoms. The Morgan fingerprint density at radius 2 is 1.78 bits per heavy atom. The summed E-state index contributed by atoms with van der Waals surface area (Å²) in [4.78, 5) is 19.8. The summed E-state index contributed by atoms with van der Waals surface area (Å²) in [5.41, 5.74) is 7.75. The van der Waals surface area contributed by atoms with Crippen LogP contribution in [0.4, 0.5) is 4.39 Å². The minimum Gasteiger partial charge on any atom is -0.496 e. The zero-order valence-electron chi connectivity index (χ0n) is 21.8. The minimum atomic E-state index is -1.37. The van der Waals surface area contributed by atoms with Crippen molar-refractivity contribution in [3.63, 3.8) is 0 Å². The highest BCUT2D eigenvalue weighted by Crippen LogP contribution is 2.40. The molecule has 0 aliphatic heterocycles. The first-order valence-electron chi connectivity index (χ1n) is 12.1. The van der Waals surface area contributed by atoms with Crippen LogP contribution in [0, 0.1) is 5.41 Å². The van der Waals surface area contributed by atoms with E-state index in [1.165, 1.54) is 12.0 Å². The molecule has 0 fully saturated rings. The van der Waals surface area contributed by atoms with E-state index in [0.29, 0.717) is 23.8 Å². The first-order valence-corrected chi connectivity index (χ1v) is 12.1. The van der Waals surface area contributed by atoms with E-state index >= 15 is 0 Å². The molecule has 0 aliphatic rings. The number of carbonyl (C=O) groups excluding carboxylic acids is 1. The maximum Gasteiger partial charge on any atom is 0.249 e. The maximum absolute atomic E-state index is 14.7. The van der Waals surface area contributed by atoms with E-state index in [2.05, 4.69) is 0 Å². The number of rotatable bonds is 11. The molecule has 7 nitrogen and oxygen atoms in total. The summed E-state index contributed by atoms with van der Waals surface area (Å²) < 4.78 is 27.4. The number of nitrogens with two attached hydrogens (primary N) is 1. The molecule has 194 valence electrons. The summed E-state index contributed by atoms with van der Waals surface area (Å²) in [6.07, 6.45) is 0.593. The van der Waals surface area contributed by atoms with Gasteiger partial charge in [-0.1, -0.05) is 63.2 Å². The molecule has 0 radical (unpaired) electrons. The highest BCUT2D eigenvalue weighted by Gasteiger charge is 2.39. The van der Waals surface area contributed by atoms with Gasteiger partial charge in [0.15, 0.2) is 0 Å². The largest absolute Gasteiger partial charge is 0.496 e. The molecule has 1 amide bonds. The number of hydrogen-bond donors (Lipinski definition) is 1. The van der Waals surface area contributed by atoms with Crippen molar-refractivity contribution < 1.29 is 18.7 Å². The van der Waals surface area contributed by atoms with Crippen LogP contribution in [-0.4, -0.2) is 60.4 Å². The quantitative estimate of drug-likeness (QED) is 0.424. The Morgan fingerprint density at radius 3 is 2.39 bits per heavy atom. The lowest BCUT2D eigenvalue weighted by atomic mass is 9.84. The molecule has 0 unspecified atom stereocenters. The number of benzene rings is 2. The summed E-state index contributed by atoms with van der Waals surface area (Å²) in [5.74, 6) is 1.03. The Hall–Kier alpha value is -3.23. The normalized spacial score (nSPS) is 13.3. The summed E-state index contributed by atoms with van der Waals surface area (Å²) in [7, 11) is 3.08. The van der Waals surface area contributed by atoms with Gasteiger partial charge in [0.2, 0.25) is 5.91 Å². The van der Waals surface area contributed by atoms with Crippen LogP contribution in [-0.2, 0) is 16.1 Å². The van der Waals surface area contributed by atoms with Gasteiger partial charge in [0.1, 0.15) is 24.4 Å². The Balaban J connectivity index is 2.21. The summed E-state index contributed by atoms with van der Waals surface area (Å²) in [6, 6.07) is 17.1. The number of hydrogen-bond acceptors (Lipinski definition) is 5. The van der Waals surface area contributed by atoms with Crippen molar-refractivity contribution in [2.45, 2.75) is 39.5 Å². The van der Waals surface area contributed by atoms with Crippen molar-refractivity contribution in [3.05, 3.63) is 72.2 Å². The third-order valence-corrected chi connectivity index (χ3v) is 6.00. The number of aromatic nitrogens is 2. The number of nitrogens with zero attached hydrogens (tertiary/aromatic N) is 3. The number of para-hydroxylation sites is 1. The molecule has 0 saturated carbocycles. The van der Waals surface area contributed by atoms with Crippen LogP contribution in [0.1, 0.15) is 38.2 Å². The molecule has 0 saturated heterocycles.